The van der Waals surface area contributed by atoms with Crippen molar-refractivity contribution < 1.29 is 9.53 Å². The first-order valence-corrected chi connectivity index (χ1v) is 8.81. The van der Waals surface area contributed by atoms with E-state index in [-0.39, 0.29) is 5.97 Å². The number of nitrogens with zero attached hydrogens (tertiary/aromatic N) is 3. The summed E-state index contributed by atoms with van der Waals surface area (Å²) in [6, 6.07) is 10.4. The Labute approximate surface area is 142 Å². The van der Waals surface area contributed by atoms with Crippen molar-refractivity contribution >= 4 is 5.97 Å². The van der Waals surface area contributed by atoms with Crippen LogP contribution in [0.3, 0.4) is 0 Å². The molecule has 0 saturated carbocycles. The number of carbonyl (C=O) groups excluding carboxylic acids is 1. The summed E-state index contributed by atoms with van der Waals surface area (Å²) in [6.45, 7) is 2.77. The molecule has 1 atom stereocenters. The van der Waals surface area contributed by atoms with Gasteiger partial charge in [-0.25, -0.2) is 4.68 Å². The van der Waals surface area contributed by atoms with Gasteiger partial charge in [0, 0.05) is 12.2 Å². The van der Waals surface area contributed by atoms with Crippen LogP contribution >= 0.6 is 0 Å². The highest BCUT2D eigenvalue weighted by Crippen LogP contribution is 2.35. The molecule has 1 aromatic heterocycles. The Morgan fingerprint density at radius 3 is 2.96 bits per heavy atom. The van der Waals surface area contributed by atoms with E-state index in [0.717, 1.165) is 31.6 Å². The smallest absolute Gasteiger partial charge is 0.320 e. The maximum atomic E-state index is 11.4. The number of fused-ring (bicyclic) bond motifs is 1. The average molecular weight is 325 g/mol. The molecule has 0 bridgehead atoms. The van der Waals surface area contributed by atoms with Gasteiger partial charge in [-0.3, -0.25) is 9.69 Å². The van der Waals surface area contributed by atoms with E-state index >= 15 is 0 Å². The van der Waals surface area contributed by atoms with Gasteiger partial charge in [0.25, 0.3) is 0 Å². The maximum absolute atomic E-state index is 11.4. The second-order valence-electron chi connectivity index (χ2n) is 6.67. The van der Waals surface area contributed by atoms with Crippen LogP contribution in [-0.2, 0) is 16.0 Å². The highest BCUT2D eigenvalue weighted by molar-refractivity contribution is 5.72. The Balaban J connectivity index is 1.48. The first kappa shape index (κ1) is 15.4. The lowest BCUT2D eigenvalue weighted by atomic mass is 9.84. The molecule has 2 aromatic rings. The molecular formula is C19H23N3O2. The standard InChI is InChI=1S/C19H23N3O2/c23-19-14-21(11-12-24-19)10-9-15-5-4-8-18-17(15)13-20-22(18)16-6-2-1-3-7-16/h1-3,6-7,13,15H,4-5,8-12,14H2. The summed E-state index contributed by atoms with van der Waals surface area (Å²) in [5.41, 5.74) is 3.89. The summed E-state index contributed by atoms with van der Waals surface area (Å²) in [4.78, 5) is 13.6. The summed E-state index contributed by atoms with van der Waals surface area (Å²) < 4.78 is 7.11. The van der Waals surface area contributed by atoms with E-state index in [2.05, 4.69) is 45.1 Å². The van der Waals surface area contributed by atoms with Crippen LogP contribution in [-0.4, -0.2) is 46.9 Å². The number of benzene rings is 1. The van der Waals surface area contributed by atoms with E-state index in [1.54, 1.807) is 0 Å². The molecule has 0 amide bonds. The van der Waals surface area contributed by atoms with Gasteiger partial charge < -0.3 is 4.74 Å². The fourth-order valence-electron chi connectivity index (χ4n) is 3.87. The number of ether oxygens (including phenoxy) is 1. The van der Waals surface area contributed by atoms with Crippen molar-refractivity contribution in [2.75, 3.05) is 26.2 Å². The molecule has 1 unspecified atom stereocenters. The zero-order valence-electron chi connectivity index (χ0n) is 13.9. The number of carbonyl (C=O) groups is 1. The molecule has 126 valence electrons. The molecule has 1 aliphatic carbocycles. The molecule has 0 radical (unpaired) electrons. The van der Waals surface area contributed by atoms with E-state index in [4.69, 9.17) is 4.74 Å². The number of esters is 1. The van der Waals surface area contributed by atoms with E-state index < -0.39 is 0 Å². The Hall–Kier alpha value is -2.14. The van der Waals surface area contributed by atoms with Crippen molar-refractivity contribution in [2.45, 2.75) is 31.6 Å². The van der Waals surface area contributed by atoms with E-state index in [9.17, 15) is 4.79 Å². The molecule has 1 fully saturated rings. The molecule has 1 aliphatic heterocycles. The van der Waals surface area contributed by atoms with Gasteiger partial charge in [-0.15, -0.1) is 0 Å². The van der Waals surface area contributed by atoms with Crippen LogP contribution in [0, 0.1) is 0 Å². The van der Waals surface area contributed by atoms with Crippen LogP contribution in [0.5, 0.6) is 0 Å². The molecule has 4 rings (SSSR count). The number of para-hydroxylation sites is 1. The zero-order chi connectivity index (χ0) is 16.4. The Bertz CT molecular complexity index is 711. The van der Waals surface area contributed by atoms with E-state index in [1.165, 1.54) is 24.1 Å². The lowest BCUT2D eigenvalue weighted by Gasteiger charge is -2.29. The predicted molar refractivity (Wildman–Crippen MR) is 91.3 cm³/mol. The lowest BCUT2D eigenvalue weighted by Crippen LogP contribution is -2.40. The quantitative estimate of drug-likeness (QED) is 0.811. The van der Waals surface area contributed by atoms with Crippen LogP contribution in [0.25, 0.3) is 5.69 Å². The van der Waals surface area contributed by atoms with Crippen molar-refractivity contribution in [2.24, 2.45) is 0 Å². The molecule has 2 aliphatic rings. The average Bonchev–Trinajstić information content (AvgIpc) is 3.05. The molecule has 1 saturated heterocycles. The second-order valence-corrected chi connectivity index (χ2v) is 6.67. The largest absolute Gasteiger partial charge is 0.463 e. The predicted octanol–water partition coefficient (Wildman–Crippen LogP) is 2.54. The number of hydrogen-bond donors (Lipinski definition) is 0. The molecule has 0 N–H and O–H groups in total. The van der Waals surface area contributed by atoms with Crippen LogP contribution < -0.4 is 0 Å². The van der Waals surface area contributed by atoms with Gasteiger partial charge in [0.1, 0.15) is 6.61 Å². The molecular weight excluding hydrogens is 302 g/mol. The number of cyclic esters (lactones) is 1. The normalized spacial score (nSPS) is 21.3. The monoisotopic (exact) mass is 325 g/mol. The third-order valence-corrected chi connectivity index (χ3v) is 5.12. The van der Waals surface area contributed by atoms with Gasteiger partial charge in [-0.2, -0.15) is 5.10 Å². The fraction of sp³-hybridized carbons (Fsp3) is 0.474. The highest BCUT2D eigenvalue weighted by Gasteiger charge is 2.26. The first-order chi connectivity index (χ1) is 11.8. The zero-order valence-corrected chi connectivity index (χ0v) is 13.9. The summed E-state index contributed by atoms with van der Waals surface area (Å²) in [6.07, 6.45) is 6.65. The Morgan fingerprint density at radius 2 is 2.12 bits per heavy atom. The molecule has 5 nitrogen and oxygen atoms in total. The second kappa shape index (κ2) is 6.77. The maximum Gasteiger partial charge on any atom is 0.320 e. The van der Waals surface area contributed by atoms with Crippen LogP contribution in [0.1, 0.15) is 36.4 Å². The highest BCUT2D eigenvalue weighted by atomic mass is 16.5. The summed E-state index contributed by atoms with van der Waals surface area (Å²) >= 11 is 0. The minimum absolute atomic E-state index is 0.0949. The summed E-state index contributed by atoms with van der Waals surface area (Å²) in [5, 5.41) is 4.65. The van der Waals surface area contributed by atoms with Crippen molar-refractivity contribution in [3.05, 3.63) is 47.8 Å². The van der Waals surface area contributed by atoms with Gasteiger partial charge in [0.05, 0.1) is 18.4 Å². The third-order valence-electron chi connectivity index (χ3n) is 5.12. The van der Waals surface area contributed by atoms with Crippen molar-refractivity contribution in [1.29, 1.82) is 0 Å². The number of rotatable bonds is 4. The summed E-state index contributed by atoms with van der Waals surface area (Å²) in [5.74, 6) is 0.451. The van der Waals surface area contributed by atoms with Crippen molar-refractivity contribution in [3.8, 4) is 5.69 Å². The minimum atomic E-state index is -0.0949. The van der Waals surface area contributed by atoms with Gasteiger partial charge in [0.15, 0.2) is 0 Å². The summed E-state index contributed by atoms with van der Waals surface area (Å²) in [7, 11) is 0. The van der Waals surface area contributed by atoms with Crippen LogP contribution in [0.2, 0.25) is 0 Å². The SMILES string of the molecule is O=C1CN(CCC2CCCc3c2cnn3-c2ccccc2)CCO1. The number of morpholine rings is 1. The first-order valence-electron chi connectivity index (χ1n) is 8.81. The molecule has 1 aromatic carbocycles. The molecule has 2 heterocycles. The number of aromatic nitrogens is 2. The van der Waals surface area contributed by atoms with Gasteiger partial charge >= 0.3 is 5.97 Å². The minimum Gasteiger partial charge on any atom is -0.463 e. The third kappa shape index (κ3) is 3.08. The van der Waals surface area contributed by atoms with Gasteiger partial charge in [0.2, 0.25) is 0 Å². The molecule has 0 spiro atoms. The fourth-order valence-corrected chi connectivity index (χ4v) is 3.87. The molecule has 24 heavy (non-hydrogen) atoms. The van der Waals surface area contributed by atoms with Crippen molar-refractivity contribution in [3.63, 3.8) is 0 Å². The molecule has 5 heteroatoms. The van der Waals surface area contributed by atoms with Gasteiger partial charge in [-0.05, 0) is 55.8 Å². The van der Waals surface area contributed by atoms with Crippen molar-refractivity contribution in [1.82, 2.24) is 14.7 Å². The van der Waals surface area contributed by atoms with Crippen LogP contribution in [0.15, 0.2) is 36.5 Å². The topological polar surface area (TPSA) is 47.4 Å². The van der Waals surface area contributed by atoms with E-state index in [0.29, 0.717) is 19.1 Å². The van der Waals surface area contributed by atoms with E-state index in [1.807, 2.05) is 6.07 Å². The Kier molecular flexibility index (Phi) is 4.34. The lowest BCUT2D eigenvalue weighted by molar-refractivity contribution is -0.150. The number of hydrogen-bond acceptors (Lipinski definition) is 4. The van der Waals surface area contributed by atoms with Crippen LogP contribution in [0.4, 0.5) is 0 Å². The van der Waals surface area contributed by atoms with Gasteiger partial charge in [-0.1, -0.05) is 18.2 Å². The Morgan fingerprint density at radius 1 is 1.25 bits per heavy atom.